The van der Waals surface area contributed by atoms with Crippen molar-refractivity contribution in [2.24, 2.45) is 17.1 Å². The topological polar surface area (TPSA) is 52.3 Å². The van der Waals surface area contributed by atoms with Gasteiger partial charge in [-0.2, -0.15) is 13.2 Å². The van der Waals surface area contributed by atoms with Crippen molar-refractivity contribution in [1.82, 2.24) is 0 Å². The number of primary amides is 1. The number of hydrogen-bond acceptors (Lipinski definition) is 2. The lowest BCUT2D eigenvalue weighted by Gasteiger charge is -2.33. The third kappa shape index (κ3) is 2.54. The van der Waals surface area contributed by atoms with Gasteiger partial charge in [-0.15, -0.1) is 0 Å². The SMILES string of the molecule is CC(C)(CC1(C(F)(F)F)C[C@@H]1C(N)=O)c1cc(F)cc2c1OCC2. The lowest BCUT2D eigenvalue weighted by Crippen LogP contribution is -2.36. The van der Waals surface area contributed by atoms with Gasteiger partial charge in [0.15, 0.2) is 0 Å². The Morgan fingerprint density at radius 2 is 2.04 bits per heavy atom. The number of alkyl halides is 3. The van der Waals surface area contributed by atoms with Crippen LogP contribution in [0.5, 0.6) is 5.75 Å². The number of amides is 1. The first kappa shape index (κ1) is 17.0. The van der Waals surface area contributed by atoms with E-state index in [4.69, 9.17) is 10.5 Å². The van der Waals surface area contributed by atoms with Gasteiger partial charge in [0.2, 0.25) is 5.91 Å². The Balaban J connectivity index is 1.99. The number of nitrogens with two attached hydrogens (primary N) is 1. The molecule has 132 valence electrons. The molecule has 0 bridgehead atoms. The minimum absolute atomic E-state index is 0.312. The average molecular weight is 345 g/mol. The number of hydrogen-bond donors (Lipinski definition) is 1. The number of fused-ring (bicyclic) bond motifs is 1. The quantitative estimate of drug-likeness (QED) is 0.850. The Bertz CT molecular complexity index is 699. The molecular weight excluding hydrogens is 326 g/mol. The molecule has 1 fully saturated rings. The molecule has 1 unspecified atom stereocenters. The molecule has 3 nitrogen and oxygen atoms in total. The summed E-state index contributed by atoms with van der Waals surface area (Å²) in [4.78, 5) is 11.3. The van der Waals surface area contributed by atoms with Crippen LogP contribution in [0.3, 0.4) is 0 Å². The second-order valence-electron chi connectivity index (χ2n) is 7.41. The maximum Gasteiger partial charge on any atom is 0.395 e. The van der Waals surface area contributed by atoms with E-state index in [1.54, 1.807) is 13.8 Å². The van der Waals surface area contributed by atoms with Gasteiger partial charge in [0.25, 0.3) is 0 Å². The molecule has 2 aliphatic rings. The van der Waals surface area contributed by atoms with Crippen LogP contribution < -0.4 is 10.5 Å². The predicted molar refractivity (Wildman–Crippen MR) is 79.0 cm³/mol. The number of carbonyl (C=O) groups excluding carboxylic acids is 1. The summed E-state index contributed by atoms with van der Waals surface area (Å²) in [5, 5.41) is 0. The van der Waals surface area contributed by atoms with Gasteiger partial charge in [0.1, 0.15) is 11.6 Å². The van der Waals surface area contributed by atoms with Crippen molar-refractivity contribution >= 4 is 5.91 Å². The Morgan fingerprint density at radius 1 is 1.38 bits per heavy atom. The van der Waals surface area contributed by atoms with Crippen molar-refractivity contribution in [2.75, 3.05) is 6.61 Å². The molecule has 0 spiro atoms. The number of halogens is 4. The fourth-order valence-electron chi connectivity index (χ4n) is 3.94. The average Bonchev–Trinajstić information content (AvgIpc) is 2.98. The molecule has 0 saturated heterocycles. The predicted octanol–water partition coefficient (Wildman–Crippen LogP) is 3.48. The minimum Gasteiger partial charge on any atom is -0.493 e. The highest BCUT2D eigenvalue weighted by atomic mass is 19.4. The molecule has 7 heteroatoms. The summed E-state index contributed by atoms with van der Waals surface area (Å²) in [6, 6.07) is 2.58. The standard InChI is InChI=1S/C17H19F4NO2/c1-15(2,8-16(17(19,20)21)7-12(16)14(22)23)11-6-10(18)5-9-3-4-24-13(9)11/h5-6,12H,3-4,7-8H2,1-2H3,(H2,22,23)/t12-,16?/m1/s1. The van der Waals surface area contributed by atoms with Gasteiger partial charge in [-0.1, -0.05) is 13.8 Å². The van der Waals surface area contributed by atoms with Crippen LogP contribution in [0.1, 0.15) is 37.8 Å². The van der Waals surface area contributed by atoms with E-state index < -0.39 is 34.6 Å². The number of benzene rings is 1. The first-order valence-electron chi connectivity index (χ1n) is 7.80. The van der Waals surface area contributed by atoms with Crippen molar-refractivity contribution in [3.05, 3.63) is 29.1 Å². The molecule has 3 rings (SSSR count). The molecule has 1 aromatic rings. The smallest absolute Gasteiger partial charge is 0.395 e. The van der Waals surface area contributed by atoms with Gasteiger partial charge in [0.05, 0.1) is 17.9 Å². The Morgan fingerprint density at radius 3 is 2.58 bits per heavy atom. The van der Waals surface area contributed by atoms with Crippen molar-refractivity contribution in [1.29, 1.82) is 0 Å². The van der Waals surface area contributed by atoms with E-state index in [1.165, 1.54) is 12.1 Å². The summed E-state index contributed by atoms with van der Waals surface area (Å²) in [6.45, 7) is 3.62. The van der Waals surface area contributed by atoms with Crippen LogP contribution in [0.25, 0.3) is 0 Å². The highest BCUT2D eigenvalue weighted by Crippen LogP contribution is 2.67. The van der Waals surface area contributed by atoms with Crippen LogP contribution >= 0.6 is 0 Å². The highest BCUT2D eigenvalue weighted by molar-refractivity contribution is 5.81. The lowest BCUT2D eigenvalue weighted by molar-refractivity contribution is -0.198. The third-order valence-corrected chi connectivity index (χ3v) is 5.22. The summed E-state index contributed by atoms with van der Waals surface area (Å²) < 4.78 is 60.2. The Kier molecular flexibility index (Phi) is 3.62. The number of carbonyl (C=O) groups is 1. The Hall–Kier alpha value is -1.79. The minimum atomic E-state index is -4.54. The Labute approximate surface area is 137 Å². The molecule has 1 aromatic carbocycles. The monoisotopic (exact) mass is 345 g/mol. The van der Waals surface area contributed by atoms with Crippen molar-refractivity contribution in [3.63, 3.8) is 0 Å². The fraction of sp³-hybridized carbons (Fsp3) is 0.588. The molecule has 2 atom stereocenters. The van der Waals surface area contributed by atoms with Gasteiger partial charge < -0.3 is 10.5 Å². The van der Waals surface area contributed by atoms with Gasteiger partial charge >= 0.3 is 6.18 Å². The van der Waals surface area contributed by atoms with Crippen molar-refractivity contribution in [2.45, 2.75) is 44.7 Å². The first-order chi connectivity index (χ1) is 11.0. The van der Waals surface area contributed by atoms with E-state index in [0.717, 1.165) is 0 Å². The van der Waals surface area contributed by atoms with E-state index in [2.05, 4.69) is 0 Å². The van der Waals surface area contributed by atoms with Crippen molar-refractivity contribution in [3.8, 4) is 5.75 Å². The molecule has 0 radical (unpaired) electrons. The largest absolute Gasteiger partial charge is 0.493 e. The molecule has 1 aliphatic heterocycles. The van der Waals surface area contributed by atoms with E-state index in [1.807, 2.05) is 0 Å². The molecule has 0 aromatic heterocycles. The van der Waals surface area contributed by atoms with Gasteiger partial charge in [-0.05, 0) is 30.4 Å². The maximum absolute atomic E-state index is 13.9. The molecule has 1 saturated carbocycles. The molecule has 1 heterocycles. The second-order valence-corrected chi connectivity index (χ2v) is 7.41. The third-order valence-electron chi connectivity index (χ3n) is 5.22. The summed E-state index contributed by atoms with van der Waals surface area (Å²) in [7, 11) is 0. The van der Waals surface area contributed by atoms with Crippen LogP contribution in [0, 0.1) is 17.2 Å². The first-order valence-corrected chi connectivity index (χ1v) is 7.80. The fourth-order valence-corrected chi connectivity index (χ4v) is 3.94. The van der Waals surface area contributed by atoms with Gasteiger partial charge in [-0.25, -0.2) is 4.39 Å². The van der Waals surface area contributed by atoms with Gasteiger partial charge in [0, 0.05) is 17.5 Å². The van der Waals surface area contributed by atoms with E-state index in [0.29, 0.717) is 29.9 Å². The van der Waals surface area contributed by atoms with E-state index in [-0.39, 0.29) is 12.8 Å². The van der Waals surface area contributed by atoms with E-state index in [9.17, 15) is 22.4 Å². The molecule has 24 heavy (non-hydrogen) atoms. The lowest BCUT2D eigenvalue weighted by atomic mass is 9.73. The van der Waals surface area contributed by atoms with Gasteiger partial charge in [-0.3, -0.25) is 4.79 Å². The number of rotatable bonds is 4. The van der Waals surface area contributed by atoms with Crippen LogP contribution in [-0.4, -0.2) is 18.7 Å². The molecule has 1 aliphatic carbocycles. The van der Waals surface area contributed by atoms with Crippen LogP contribution in [0.15, 0.2) is 12.1 Å². The summed E-state index contributed by atoms with van der Waals surface area (Å²) in [6.07, 6.45) is -4.66. The van der Waals surface area contributed by atoms with E-state index >= 15 is 0 Å². The zero-order valence-corrected chi connectivity index (χ0v) is 13.5. The second kappa shape index (κ2) is 5.10. The molecule has 1 amide bonds. The van der Waals surface area contributed by atoms with Crippen molar-refractivity contribution < 1.29 is 27.1 Å². The van der Waals surface area contributed by atoms with Crippen LogP contribution in [0.2, 0.25) is 0 Å². The maximum atomic E-state index is 13.9. The zero-order chi connectivity index (χ0) is 17.9. The summed E-state index contributed by atoms with van der Waals surface area (Å²) >= 11 is 0. The molecule has 2 N–H and O–H groups in total. The van der Waals surface area contributed by atoms with Crippen LogP contribution in [-0.2, 0) is 16.6 Å². The normalized spacial score (nSPS) is 26.0. The molecular formula is C17H19F4NO2. The zero-order valence-electron chi connectivity index (χ0n) is 13.5. The summed E-state index contributed by atoms with van der Waals surface area (Å²) in [5.74, 6) is -2.19. The number of ether oxygens (including phenoxy) is 1. The highest BCUT2D eigenvalue weighted by Gasteiger charge is 2.73. The summed E-state index contributed by atoms with van der Waals surface area (Å²) in [5.41, 5.74) is 3.04. The van der Waals surface area contributed by atoms with Crippen LogP contribution in [0.4, 0.5) is 17.6 Å².